The van der Waals surface area contributed by atoms with E-state index in [2.05, 4.69) is 47.9 Å². The monoisotopic (exact) mass is 353 g/mol. The van der Waals surface area contributed by atoms with Gasteiger partial charge in [-0.3, -0.25) is 0 Å². The lowest BCUT2D eigenvalue weighted by atomic mass is 10.1. The van der Waals surface area contributed by atoms with Gasteiger partial charge < -0.3 is 14.5 Å². The average molecular weight is 353 g/mol. The Bertz CT molecular complexity index is 858. The molecule has 2 heterocycles. The van der Waals surface area contributed by atoms with Gasteiger partial charge >= 0.3 is 0 Å². The summed E-state index contributed by atoms with van der Waals surface area (Å²) in [7, 11) is 1.74. The number of hydrogen-bond donors (Lipinski definition) is 0. The molecule has 0 N–H and O–H groups in total. The highest BCUT2D eigenvalue weighted by molar-refractivity contribution is 7.22. The molecule has 0 spiro atoms. The lowest BCUT2D eigenvalue weighted by molar-refractivity contribution is 0.413. The van der Waals surface area contributed by atoms with E-state index in [4.69, 9.17) is 9.72 Å². The predicted octanol–water partition coefficient (Wildman–Crippen LogP) is 4.25. The molecule has 0 amide bonds. The molecule has 1 aliphatic rings. The highest BCUT2D eigenvalue weighted by Gasteiger charge is 2.22. The SMILES string of the molecule is COc1ccccc1N1CCN(c2nc3c(C)ccc(C)c3s2)CC1. The number of hydrogen-bond acceptors (Lipinski definition) is 5. The van der Waals surface area contributed by atoms with Gasteiger partial charge in [-0.2, -0.15) is 0 Å². The Balaban J connectivity index is 1.54. The Morgan fingerprint density at radius 1 is 0.920 bits per heavy atom. The molecule has 1 aliphatic heterocycles. The smallest absolute Gasteiger partial charge is 0.186 e. The van der Waals surface area contributed by atoms with E-state index in [1.807, 2.05) is 23.5 Å². The van der Waals surface area contributed by atoms with Gasteiger partial charge in [0.05, 0.1) is 23.0 Å². The predicted molar refractivity (Wildman–Crippen MR) is 107 cm³/mol. The van der Waals surface area contributed by atoms with Crippen molar-refractivity contribution in [3.63, 3.8) is 0 Å². The molecule has 3 aromatic rings. The van der Waals surface area contributed by atoms with E-state index < -0.39 is 0 Å². The molecule has 1 aromatic heterocycles. The number of ether oxygens (including phenoxy) is 1. The summed E-state index contributed by atoms with van der Waals surface area (Å²) >= 11 is 1.82. The van der Waals surface area contributed by atoms with E-state index in [-0.39, 0.29) is 0 Å². The minimum atomic E-state index is 0.946. The van der Waals surface area contributed by atoms with Crippen molar-refractivity contribution in [1.82, 2.24) is 4.98 Å². The highest BCUT2D eigenvalue weighted by atomic mass is 32.1. The zero-order chi connectivity index (χ0) is 17.4. The summed E-state index contributed by atoms with van der Waals surface area (Å²) in [5.74, 6) is 0.946. The Labute approximate surface area is 152 Å². The molecule has 0 atom stereocenters. The van der Waals surface area contributed by atoms with Crippen molar-refractivity contribution in [3.8, 4) is 5.75 Å². The molecule has 130 valence electrons. The Morgan fingerprint density at radius 2 is 1.60 bits per heavy atom. The summed E-state index contributed by atoms with van der Waals surface area (Å²) in [5.41, 5.74) is 4.92. The molecule has 0 aliphatic carbocycles. The van der Waals surface area contributed by atoms with Gasteiger partial charge in [0.2, 0.25) is 0 Å². The van der Waals surface area contributed by atoms with E-state index in [1.54, 1.807) is 7.11 Å². The summed E-state index contributed by atoms with van der Waals surface area (Å²) in [6.07, 6.45) is 0. The second-order valence-electron chi connectivity index (χ2n) is 6.52. The third-order valence-corrected chi connectivity index (χ3v) is 6.16. The fourth-order valence-electron chi connectivity index (χ4n) is 3.41. The summed E-state index contributed by atoms with van der Waals surface area (Å²) in [5, 5.41) is 1.15. The molecule has 2 aromatic carbocycles. The number of fused-ring (bicyclic) bond motifs is 1. The number of aryl methyl sites for hydroxylation is 2. The lowest BCUT2D eigenvalue weighted by Crippen LogP contribution is -2.46. The largest absolute Gasteiger partial charge is 0.495 e. The van der Waals surface area contributed by atoms with Gasteiger partial charge in [0.1, 0.15) is 5.75 Å². The Hall–Kier alpha value is -2.27. The number of aromatic nitrogens is 1. The van der Waals surface area contributed by atoms with E-state index >= 15 is 0 Å². The van der Waals surface area contributed by atoms with E-state index in [1.165, 1.54) is 21.5 Å². The number of methoxy groups -OCH3 is 1. The van der Waals surface area contributed by atoms with Gasteiger partial charge in [-0.15, -0.1) is 0 Å². The molecule has 1 fully saturated rings. The van der Waals surface area contributed by atoms with Gasteiger partial charge in [-0.05, 0) is 37.1 Å². The van der Waals surface area contributed by atoms with Crippen LogP contribution < -0.4 is 14.5 Å². The van der Waals surface area contributed by atoms with Crippen molar-refractivity contribution < 1.29 is 4.74 Å². The van der Waals surface area contributed by atoms with Crippen molar-refractivity contribution in [2.75, 3.05) is 43.1 Å². The van der Waals surface area contributed by atoms with Crippen LogP contribution in [-0.4, -0.2) is 38.3 Å². The quantitative estimate of drug-likeness (QED) is 0.704. The second kappa shape index (κ2) is 6.56. The van der Waals surface area contributed by atoms with E-state index in [9.17, 15) is 0 Å². The van der Waals surface area contributed by atoms with Crippen LogP contribution in [0.15, 0.2) is 36.4 Å². The molecule has 25 heavy (non-hydrogen) atoms. The number of piperazine rings is 1. The van der Waals surface area contributed by atoms with Crippen LogP contribution in [0.2, 0.25) is 0 Å². The summed E-state index contributed by atoms with van der Waals surface area (Å²) in [6.45, 7) is 8.24. The zero-order valence-electron chi connectivity index (χ0n) is 15.0. The number of para-hydroxylation sites is 2. The zero-order valence-corrected chi connectivity index (χ0v) is 15.8. The number of thiazole rings is 1. The Kier molecular flexibility index (Phi) is 4.25. The van der Waals surface area contributed by atoms with Crippen LogP contribution in [-0.2, 0) is 0 Å². The topological polar surface area (TPSA) is 28.6 Å². The molecule has 0 radical (unpaired) electrons. The number of nitrogens with zero attached hydrogens (tertiary/aromatic N) is 3. The van der Waals surface area contributed by atoms with Crippen molar-refractivity contribution in [1.29, 1.82) is 0 Å². The summed E-state index contributed by atoms with van der Waals surface area (Å²) in [4.78, 5) is 9.74. The number of anilines is 2. The third-order valence-electron chi connectivity index (χ3n) is 4.91. The molecular formula is C20H23N3OS. The molecule has 0 unspecified atom stereocenters. The number of rotatable bonds is 3. The third kappa shape index (κ3) is 2.93. The standard InChI is InChI=1S/C20H23N3OS/c1-14-8-9-15(2)19-18(14)21-20(25-19)23-12-10-22(11-13-23)16-6-4-5-7-17(16)24-3/h4-9H,10-13H2,1-3H3. The maximum Gasteiger partial charge on any atom is 0.186 e. The van der Waals surface area contributed by atoms with Crippen molar-refractivity contribution in [3.05, 3.63) is 47.5 Å². The van der Waals surface area contributed by atoms with Crippen molar-refractivity contribution in [2.45, 2.75) is 13.8 Å². The molecule has 4 nitrogen and oxygen atoms in total. The van der Waals surface area contributed by atoms with Crippen LogP contribution >= 0.6 is 11.3 Å². The lowest BCUT2D eigenvalue weighted by Gasteiger charge is -2.36. The fraction of sp³-hybridized carbons (Fsp3) is 0.350. The first kappa shape index (κ1) is 16.2. The molecular weight excluding hydrogens is 330 g/mol. The van der Waals surface area contributed by atoms with Gasteiger partial charge in [0.15, 0.2) is 5.13 Å². The molecule has 4 rings (SSSR count). The van der Waals surface area contributed by atoms with E-state index in [0.29, 0.717) is 0 Å². The maximum absolute atomic E-state index is 5.51. The first-order valence-corrected chi connectivity index (χ1v) is 9.48. The van der Waals surface area contributed by atoms with Gasteiger partial charge in [0.25, 0.3) is 0 Å². The maximum atomic E-state index is 5.51. The van der Waals surface area contributed by atoms with Gasteiger partial charge in [0, 0.05) is 26.2 Å². The average Bonchev–Trinajstić information content (AvgIpc) is 3.12. The first-order chi connectivity index (χ1) is 12.2. The number of benzene rings is 2. The van der Waals surface area contributed by atoms with Crippen LogP contribution in [0.5, 0.6) is 5.75 Å². The van der Waals surface area contributed by atoms with Crippen LogP contribution in [0.25, 0.3) is 10.2 Å². The molecule has 1 saturated heterocycles. The minimum absolute atomic E-state index is 0.946. The summed E-state index contributed by atoms with van der Waals surface area (Å²) < 4.78 is 6.83. The van der Waals surface area contributed by atoms with Gasteiger partial charge in [-0.25, -0.2) is 4.98 Å². The van der Waals surface area contributed by atoms with Crippen molar-refractivity contribution >= 4 is 32.4 Å². The van der Waals surface area contributed by atoms with Crippen LogP contribution in [0.4, 0.5) is 10.8 Å². The van der Waals surface area contributed by atoms with Crippen LogP contribution in [0, 0.1) is 13.8 Å². The van der Waals surface area contributed by atoms with E-state index in [0.717, 1.165) is 42.6 Å². The van der Waals surface area contributed by atoms with Gasteiger partial charge in [-0.1, -0.05) is 35.6 Å². The normalized spacial score (nSPS) is 15.0. The molecule has 0 bridgehead atoms. The minimum Gasteiger partial charge on any atom is -0.495 e. The summed E-state index contributed by atoms with van der Waals surface area (Å²) in [6, 6.07) is 12.6. The first-order valence-electron chi connectivity index (χ1n) is 8.67. The molecule has 0 saturated carbocycles. The van der Waals surface area contributed by atoms with Crippen molar-refractivity contribution in [2.24, 2.45) is 0 Å². The van der Waals surface area contributed by atoms with Crippen LogP contribution in [0.3, 0.4) is 0 Å². The Morgan fingerprint density at radius 3 is 2.32 bits per heavy atom. The fourth-order valence-corrected chi connectivity index (χ4v) is 4.58. The second-order valence-corrected chi connectivity index (χ2v) is 7.50. The van der Waals surface area contributed by atoms with Crippen LogP contribution in [0.1, 0.15) is 11.1 Å². The molecule has 5 heteroatoms. The highest BCUT2D eigenvalue weighted by Crippen LogP contribution is 2.34.